The van der Waals surface area contributed by atoms with Crippen LogP contribution in [0, 0.1) is 5.41 Å². The fourth-order valence-electron chi connectivity index (χ4n) is 2.25. The first kappa shape index (κ1) is 14.0. The first-order valence-corrected chi connectivity index (χ1v) is 6.67. The second-order valence-electron chi connectivity index (χ2n) is 5.20. The Morgan fingerprint density at radius 2 is 2.11 bits per heavy atom. The van der Waals surface area contributed by atoms with Crippen molar-refractivity contribution in [2.75, 3.05) is 20.3 Å². The standard InChI is InChI=1S/C15H21NO3/c1-19-10-7-13(17)16-11-15(8-9-15)14(18)12-5-3-2-4-6-12/h2-6,14,18H,7-11H2,1H3,(H,16,17). The summed E-state index contributed by atoms with van der Waals surface area (Å²) in [5.74, 6) is -0.0200. The summed E-state index contributed by atoms with van der Waals surface area (Å²) in [6.07, 6.45) is 1.77. The third-order valence-electron chi connectivity index (χ3n) is 3.76. The minimum Gasteiger partial charge on any atom is -0.388 e. The molecular weight excluding hydrogens is 242 g/mol. The van der Waals surface area contributed by atoms with Crippen molar-refractivity contribution in [1.82, 2.24) is 5.32 Å². The lowest BCUT2D eigenvalue weighted by Gasteiger charge is -2.23. The molecule has 0 aromatic heterocycles. The highest BCUT2D eigenvalue weighted by atomic mass is 16.5. The number of aliphatic hydroxyl groups excluding tert-OH is 1. The largest absolute Gasteiger partial charge is 0.388 e. The van der Waals surface area contributed by atoms with Crippen molar-refractivity contribution in [2.45, 2.75) is 25.4 Å². The zero-order chi connectivity index (χ0) is 13.7. The summed E-state index contributed by atoms with van der Waals surface area (Å²) >= 11 is 0. The van der Waals surface area contributed by atoms with Gasteiger partial charge in [-0.1, -0.05) is 30.3 Å². The van der Waals surface area contributed by atoms with Gasteiger partial charge >= 0.3 is 0 Å². The molecule has 2 rings (SSSR count). The Labute approximate surface area is 113 Å². The lowest BCUT2D eigenvalue weighted by atomic mass is 9.92. The van der Waals surface area contributed by atoms with Crippen LogP contribution in [0.1, 0.15) is 30.9 Å². The molecule has 4 nitrogen and oxygen atoms in total. The zero-order valence-corrected chi connectivity index (χ0v) is 11.3. The van der Waals surface area contributed by atoms with E-state index < -0.39 is 6.10 Å². The molecule has 1 amide bonds. The molecule has 19 heavy (non-hydrogen) atoms. The molecule has 0 spiro atoms. The van der Waals surface area contributed by atoms with Crippen LogP contribution in [-0.2, 0) is 9.53 Å². The lowest BCUT2D eigenvalue weighted by molar-refractivity contribution is -0.122. The predicted octanol–water partition coefficient (Wildman–Crippen LogP) is 1.65. The SMILES string of the molecule is COCCC(=O)NCC1(C(O)c2ccccc2)CC1. The lowest BCUT2D eigenvalue weighted by Crippen LogP contribution is -2.33. The highest BCUT2D eigenvalue weighted by molar-refractivity contribution is 5.76. The molecule has 1 aliphatic rings. The first-order valence-electron chi connectivity index (χ1n) is 6.67. The van der Waals surface area contributed by atoms with Crippen molar-refractivity contribution in [1.29, 1.82) is 0 Å². The van der Waals surface area contributed by atoms with Gasteiger partial charge in [-0.2, -0.15) is 0 Å². The van der Waals surface area contributed by atoms with Crippen molar-refractivity contribution >= 4 is 5.91 Å². The molecule has 1 fully saturated rings. The quantitative estimate of drug-likeness (QED) is 0.786. The van der Waals surface area contributed by atoms with E-state index in [0.717, 1.165) is 18.4 Å². The van der Waals surface area contributed by atoms with Gasteiger partial charge in [0.1, 0.15) is 0 Å². The van der Waals surface area contributed by atoms with E-state index in [1.165, 1.54) is 0 Å². The summed E-state index contributed by atoms with van der Waals surface area (Å²) in [7, 11) is 1.58. The van der Waals surface area contributed by atoms with Crippen molar-refractivity contribution in [3.05, 3.63) is 35.9 Å². The fourth-order valence-corrected chi connectivity index (χ4v) is 2.25. The van der Waals surface area contributed by atoms with Gasteiger partial charge < -0.3 is 15.2 Å². The Balaban J connectivity index is 1.87. The molecule has 1 aromatic carbocycles. The first-order chi connectivity index (χ1) is 9.18. The van der Waals surface area contributed by atoms with Crippen molar-refractivity contribution in [3.63, 3.8) is 0 Å². The molecule has 4 heteroatoms. The summed E-state index contributed by atoms with van der Waals surface area (Å²) in [6.45, 7) is 0.964. The summed E-state index contributed by atoms with van der Waals surface area (Å²) in [5, 5.41) is 13.3. The van der Waals surface area contributed by atoms with E-state index in [-0.39, 0.29) is 11.3 Å². The van der Waals surface area contributed by atoms with Crippen LogP contribution >= 0.6 is 0 Å². The van der Waals surface area contributed by atoms with Gasteiger partial charge in [-0.25, -0.2) is 0 Å². The topological polar surface area (TPSA) is 58.6 Å². The monoisotopic (exact) mass is 263 g/mol. The molecule has 0 bridgehead atoms. The molecule has 1 atom stereocenters. The van der Waals surface area contributed by atoms with Crippen LogP contribution in [0.3, 0.4) is 0 Å². The van der Waals surface area contributed by atoms with E-state index >= 15 is 0 Å². The van der Waals surface area contributed by atoms with Crippen molar-refractivity contribution < 1.29 is 14.6 Å². The summed E-state index contributed by atoms with van der Waals surface area (Å²) < 4.78 is 4.87. The van der Waals surface area contributed by atoms with E-state index in [1.54, 1.807) is 7.11 Å². The van der Waals surface area contributed by atoms with Crippen LogP contribution in [0.2, 0.25) is 0 Å². The molecule has 1 unspecified atom stereocenters. The third-order valence-corrected chi connectivity index (χ3v) is 3.76. The van der Waals surface area contributed by atoms with Gasteiger partial charge in [-0.3, -0.25) is 4.79 Å². The average molecular weight is 263 g/mol. The minimum absolute atomic E-state index is 0.0200. The van der Waals surface area contributed by atoms with Gasteiger partial charge in [0, 0.05) is 25.5 Å². The number of benzene rings is 1. The summed E-state index contributed by atoms with van der Waals surface area (Å²) in [5.41, 5.74) is 0.746. The highest BCUT2D eigenvalue weighted by Gasteiger charge is 2.49. The number of aliphatic hydroxyl groups is 1. The fraction of sp³-hybridized carbons (Fsp3) is 0.533. The van der Waals surface area contributed by atoms with Crippen LogP contribution in [0.15, 0.2) is 30.3 Å². The molecule has 1 aromatic rings. The number of ether oxygens (including phenoxy) is 1. The van der Waals surface area contributed by atoms with E-state index in [9.17, 15) is 9.90 Å². The van der Waals surface area contributed by atoms with E-state index in [4.69, 9.17) is 4.74 Å². The molecule has 1 aliphatic carbocycles. The van der Waals surface area contributed by atoms with Gasteiger partial charge in [0.15, 0.2) is 0 Å². The second kappa shape index (κ2) is 6.17. The molecule has 2 N–H and O–H groups in total. The van der Waals surface area contributed by atoms with Crippen LogP contribution < -0.4 is 5.32 Å². The average Bonchev–Trinajstić information content (AvgIpc) is 3.24. The number of amides is 1. The summed E-state index contributed by atoms with van der Waals surface area (Å²) in [6, 6.07) is 9.63. The minimum atomic E-state index is -0.503. The second-order valence-corrected chi connectivity index (χ2v) is 5.20. The number of hydrogen-bond donors (Lipinski definition) is 2. The third kappa shape index (κ3) is 3.55. The number of hydrogen-bond acceptors (Lipinski definition) is 3. The molecule has 0 aliphatic heterocycles. The molecular formula is C15H21NO3. The number of methoxy groups -OCH3 is 1. The number of carbonyl (C=O) groups excluding carboxylic acids is 1. The summed E-state index contributed by atoms with van der Waals surface area (Å²) in [4.78, 5) is 11.6. The van der Waals surface area contributed by atoms with Crippen molar-refractivity contribution in [2.24, 2.45) is 5.41 Å². The predicted molar refractivity (Wildman–Crippen MR) is 72.6 cm³/mol. The van der Waals surface area contributed by atoms with E-state index in [0.29, 0.717) is 19.6 Å². The number of rotatable bonds is 7. The Morgan fingerprint density at radius 3 is 2.68 bits per heavy atom. The van der Waals surface area contributed by atoms with Crippen LogP contribution in [0.4, 0.5) is 0 Å². The van der Waals surface area contributed by atoms with Gasteiger partial charge in [0.25, 0.3) is 0 Å². The number of carbonyl (C=O) groups is 1. The maximum Gasteiger partial charge on any atom is 0.222 e. The van der Waals surface area contributed by atoms with Gasteiger partial charge in [-0.05, 0) is 18.4 Å². The maximum atomic E-state index is 11.6. The maximum absolute atomic E-state index is 11.6. The van der Waals surface area contributed by atoms with Crippen LogP contribution in [-0.4, -0.2) is 31.3 Å². The normalized spacial score (nSPS) is 17.8. The van der Waals surface area contributed by atoms with Crippen molar-refractivity contribution in [3.8, 4) is 0 Å². The molecule has 0 heterocycles. The Hall–Kier alpha value is -1.39. The van der Waals surface area contributed by atoms with Gasteiger partial charge in [0.2, 0.25) is 5.91 Å². The number of nitrogens with one attached hydrogen (secondary N) is 1. The zero-order valence-electron chi connectivity index (χ0n) is 11.3. The Kier molecular flexibility index (Phi) is 4.56. The smallest absolute Gasteiger partial charge is 0.222 e. The molecule has 0 saturated heterocycles. The van der Waals surface area contributed by atoms with Crippen LogP contribution in [0.5, 0.6) is 0 Å². The van der Waals surface area contributed by atoms with E-state index in [1.807, 2.05) is 30.3 Å². The highest BCUT2D eigenvalue weighted by Crippen LogP contribution is 2.54. The van der Waals surface area contributed by atoms with E-state index in [2.05, 4.69) is 5.32 Å². The molecule has 0 radical (unpaired) electrons. The molecule has 1 saturated carbocycles. The Bertz CT molecular complexity index is 415. The molecule has 104 valence electrons. The van der Waals surface area contributed by atoms with Gasteiger partial charge in [0.05, 0.1) is 12.7 Å². The van der Waals surface area contributed by atoms with Crippen LogP contribution in [0.25, 0.3) is 0 Å². The Morgan fingerprint density at radius 1 is 1.42 bits per heavy atom. The van der Waals surface area contributed by atoms with Gasteiger partial charge in [-0.15, -0.1) is 0 Å².